The number of halogens is 3. The molecule has 20 heavy (non-hydrogen) atoms. The quantitative estimate of drug-likeness (QED) is 0.814. The van der Waals surface area contributed by atoms with E-state index in [1.54, 1.807) is 12.1 Å². The summed E-state index contributed by atoms with van der Waals surface area (Å²) in [5, 5.41) is 0.211. The van der Waals surface area contributed by atoms with Gasteiger partial charge < -0.3 is 5.73 Å². The highest BCUT2D eigenvalue weighted by molar-refractivity contribution is 9.10. The molecule has 0 aliphatic heterocycles. The molecule has 0 atom stereocenters. The van der Waals surface area contributed by atoms with E-state index >= 15 is 0 Å². The third-order valence-electron chi connectivity index (χ3n) is 3.30. The second-order valence-corrected chi connectivity index (χ2v) is 7.70. The first kappa shape index (κ1) is 18.2. The van der Waals surface area contributed by atoms with Crippen molar-refractivity contribution in [2.24, 2.45) is 5.73 Å². The minimum Gasteiger partial charge on any atom is -0.328 e. The number of benzene rings is 1. The van der Waals surface area contributed by atoms with Gasteiger partial charge in [-0.05, 0) is 53.7 Å². The van der Waals surface area contributed by atoms with Crippen LogP contribution in [0.4, 0.5) is 0 Å². The van der Waals surface area contributed by atoms with E-state index < -0.39 is 10.0 Å². The molecule has 0 saturated heterocycles. The second-order valence-electron chi connectivity index (χ2n) is 4.78. The Bertz CT molecular complexity index is 561. The molecule has 8 heteroatoms. The fourth-order valence-electron chi connectivity index (χ4n) is 2.21. The van der Waals surface area contributed by atoms with Crippen LogP contribution in [-0.4, -0.2) is 20.5 Å². The summed E-state index contributed by atoms with van der Waals surface area (Å²) in [5.74, 6) is 0. The number of sulfonamides is 1. The van der Waals surface area contributed by atoms with Gasteiger partial charge in [0.05, 0.1) is 5.02 Å². The van der Waals surface area contributed by atoms with Crippen molar-refractivity contribution >= 4 is 50.0 Å². The predicted molar refractivity (Wildman–Crippen MR) is 87.0 cm³/mol. The minimum absolute atomic E-state index is 0. The van der Waals surface area contributed by atoms with Gasteiger partial charge in [-0.1, -0.05) is 17.7 Å². The van der Waals surface area contributed by atoms with Crippen molar-refractivity contribution in [3.05, 3.63) is 27.7 Å². The van der Waals surface area contributed by atoms with Crippen LogP contribution >= 0.6 is 39.9 Å². The Labute approximate surface area is 139 Å². The Kier molecular flexibility index (Phi) is 6.76. The molecule has 2 rings (SSSR count). The van der Waals surface area contributed by atoms with Crippen molar-refractivity contribution in [2.45, 2.75) is 42.7 Å². The first-order valence-electron chi connectivity index (χ1n) is 6.12. The van der Waals surface area contributed by atoms with Crippen LogP contribution in [0, 0.1) is 0 Å². The third-order valence-corrected chi connectivity index (χ3v) is 6.27. The summed E-state index contributed by atoms with van der Waals surface area (Å²) in [6.07, 6.45) is 3.23. The van der Waals surface area contributed by atoms with Crippen molar-refractivity contribution < 1.29 is 8.42 Å². The summed E-state index contributed by atoms with van der Waals surface area (Å²) in [6, 6.07) is 5.00. The molecular formula is C12H17BrCl2N2O2S. The van der Waals surface area contributed by atoms with Crippen LogP contribution in [0.2, 0.25) is 5.02 Å². The zero-order valence-corrected chi connectivity index (χ0v) is 14.7. The standard InChI is InChI=1S/C12H16BrClN2O2S.ClH/c13-10-2-1-3-11(12(10)14)19(17,18)16-9-6-4-8(15)5-7-9;/h1-3,8-9,16H,4-7,15H2;1H. The van der Waals surface area contributed by atoms with Gasteiger partial charge in [-0.2, -0.15) is 0 Å². The van der Waals surface area contributed by atoms with E-state index in [4.69, 9.17) is 17.3 Å². The van der Waals surface area contributed by atoms with Crippen LogP contribution < -0.4 is 10.5 Å². The zero-order valence-electron chi connectivity index (χ0n) is 10.7. The summed E-state index contributed by atoms with van der Waals surface area (Å²) >= 11 is 9.26. The van der Waals surface area contributed by atoms with Crippen LogP contribution in [0.25, 0.3) is 0 Å². The molecular weight excluding hydrogens is 387 g/mol. The van der Waals surface area contributed by atoms with Gasteiger partial charge in [-0.3, -0.25) is 0 Å². The van der Waals surface area contributed by atoms with Crippen LogP contribution in [0.15, 0.2) is 27.6 Å². The lowest BCUT2D eigenvalue weighted by atomic mass is 9.93. The number of nitrogens with two attached hydrogens (primary N) is 1. The van der Waals surface area contributed by atoms with Gasteiger partial charge in [-0.25, -0.2) is 13.1 Å². The maximum absolute atomic E-state index is 12.3. The Balaban J connectivity index is 0.00000200. The smallest absolute Gasteiger partial charge is 0.242 e. The van der Waals surface area contributed by atoms with Crippen LogP contribution in [0.5, 0.6) is 0 Å². The lowest BCUT2D eigenvalue weighted by molar-refractivity contribution is 0.373. The maximum atomic E-state index is 12.3. The average Bonchev–Trinajstić information content (AvgIpc) is 2.35. The monoisotopic (exact) mass is 402 g/mol. The Hall–Kier alpha value is 0.150. The maximum Gasteiger partial charge on any atom is 0.242 e. The third kappa shape index (κ3) is 4.32. The van der Waals surface area contributed by atoms with Gasteiger partial charge in [0, 0.05) is 16.6 Å². The number of nitrogens with one attached hydrogen (secondary N) is 1. The molecule has 1 aromatic carbocycles. The molecule has 1 fully saturated rings. The van der Waals surface area contributed by atoms with E-state index in [0.29, 0.717) is 4.47 Å². The first-order chi connectivity index (χ1) is 8.90. The lowest BCUT2D eigenvalue weighted by Gasteiger charge is -2.26. The van der Waals surface area contributed by atoms with Gasteiger partial charge in [0.25, 0.3) is 0 Å². The van der Waals surface area contributed by atoms with Crippen molar-refractivity contribution in [2.75, 3.05) is 0 Å². The molecule has 0 radical (unpaired) electrons. The summed E-state index contributed by atoms with van der Waals surface area (Å²) in [7, 11) is -3.58. The van der Waals surface area contributed by atoms with E-state index in [1.165, 1.54) is 6.07 Å². The fraction of sp³-hybridized carbons (Fsp3) is 0.500. The van der Waals surface area contributed by atoms with Crippen LogP contribution in [-0.2, 0) is 10.0 Å². The van der Waals surface area contributed by atoms with E-state index in [2.05, 4.69) is 20.7 Å². The van der Waals surface area contributed by atoms with Gasteiger partial charge in [0.1, 0.15) is 4.90 Å². The minimum atomic E-state index is -3.58. The van der Waals surface area contributed by atoms with Crippen molar-refractivity contribution in [3.63, 3.8) is 0 Å². The highest BCUT2D eigenvalue weighted by Crippen LogP contribution is 2.30. The van der Waals surface area contributed by atoms with Gasteiger partial charge >= 0.3 is 0 Å². The van der Waals surface area contributed by atoms with Crippen LogP contribution in [0.1, 0.15) is 25.7 Å². The molecule has 0 amide bonds. The molecule has 0 aromatic heterocycles. The van der Waals surface area contributed by atoms with Gasteiger partial charge in [0.15, 0.2) is 0 Å². The number of rotatable bonds is 3. The Morgan fingerprint density at radius 1 is 1.25 bits per heavy atom. The molecule has 1 saturated carbocycles. The normalized spacial score (nSPS) is 23.1. The SMILES string of the molecule is Cl.NC1CCC(NS(=O)(=O)c2cccc(Br)c2Cl)CC1. The molecule has 0 unspecified atom stereocenters. The zero-order chi connectivity index (χ0) is 14.0. The van der Waals surface area contributed by atoms with E-state index in [0.717, 1.165) is 25.7 Å². The van der Waals surface area contributed by atoms with Crippen LogP contribution in [0.3, 0.4) is 0 Å². The molecule has 0 heterocycles. The van der Waals surface area contributed by atoms with Crippen molar-refractivity contribution in [1.29, 1.82) is 0 Å². The number of hydrogen-bond donors (Lipinski definition) is 2. The molecule has 114 valence electrons. The fourth-order valence-corrected chi connectivity index (χ4v) is 4.54. The van der Waals surface area contributed by atoms with Crippen molar-refractivity contribution in [1.82, 2.24) is 4.72 Å². The number of hydrogen-bond acceptors (Lipinski definition) is 3. The topological polar surface area (TPSA) is 72.2 Å². The molecule has 0 spiro atoms. The van der Waals surface area contributed by atoms with E-state index in [9.17, 15) is 8.42 Å². The Morgan fingerprint density at radius 3 is 2.45 bits per heavy atom. The summed E-state index contributed by atoms with van der Waals surface area (Å²) in [6.45, 7) is 0. The molecule has 1 aliphatic carbocycles. The highest BCUT2D eigenvalue weighted by atomic mass is 79.9. The molecule has 3 N–H and O–H groups in total. The summed E-state index contributed by atoms with van der Waals surface area (Å²) in [4.78, 5) is 0.110. The van der Waals surface area contributed by atoms with Gasteiger partial charge in [0.2, 0.25) is 10.0 Å². The van der Waals surface area contributed by atoms with Crippen molar-refractivity contribution in [3.8, 4) is 0 Å². The van der Waals surface area contributed by atoms with Gasteiger partial charge in [-0.15, -0.1) is 12.4 Å². The summed E-state index contributed by atoms with van der Waals surface area (Å²) < 4.78 is 27.9. The van der Waals surface area contributed by atoms with E-state index in [1.807, 2.05) is 0 Å². The largest absolute Gasteiger partial charge is 0.328 e. The van der Waals surface area contributed by atoms with E-state index in [-0.39, 0.29) is 34.4 Å². The lowest BCUT2D eigenvalue weighted by Crippen LogP contribution is -2.40. The molecule has 1 aromatic rings. The predicted octanol–water partition coefficient (Wildman–Crippen LogP) is 3.07. The first-order valence-corrected chi connectivity index (χ1v) is 8.77. The molecule has 4 nitrogen and oxygen atoms in total. The highest BCUT2D eigenvalue weighted by Gasteiger charge is 2.26. The molecule has 1 aliphatic rings. The average molecular weight is 404 g/mol. The Morgan fingerprint density at radius 2 is 1.85 bits per heavy atom. The molecule has 0 bridgehead atoms. The second kappa shape index (κ2) is 7.42. The summed E-state index contributed by atoms with van der Waals surface area (Å²) in [5.41, 5.74) is 5.81.